The van der Waals surface area contributed by atoms with E-state index in [0.29, 0.717) is 29.8 Å². The van der Waals surface area contributed by atoms with Crippen molar-refractivity contribution in [2.75, 3.05) is 6.61 Å². The molecule has 32 heavy (non-hydrogen) atoms. The van der Waals surface area contributed by atoms with Crippen LogP contribution in [0.1, 0.15) is 18.7 Å². The summed E-state index contributed by atoms with van der Waals surface area (Å²) in [6.07, 6.45) is 5.84. The smallest absolute Gasteiger partial charge is 0.238 e. The highest BCUT2D eigenvalue weighted by atomic mass is 32.2. The van der Waals surface area contributed by atoms with E-state index in [-0.39, 0.29) is 6.10 Å². The highest BCUT2D eigenvalue weighted by Gasteiger charge is 2.23. The van der Waals surface area contributed by atoms with E-state index in [4.69, 9.17) is 13.7 Å². The lowest BCUT2D eigenvalue weighted by Gasteiger charge is -2.14. The van der Waals surface area contributed by atoms with E-state index in [1.165, 1.54) is 11.8 Å². The summed E-state index contributed by atoms with van der Waals surface area (Å²) in [4.78, 5) is 7.75. The lowest BCUT2D eigenvalue weighted by Crippen LogP contribution is -2.16. The first-order valence-corrected chi connectivity index (χ1v) is 11.4. The number of para-hydroxylation sites is 1. The van der Waals surface area contributed by atoms with Crippen molar-refractivity contribution in [2.24, 2.45) is 0 Å². The second kappa shape index (κ2) is 8.29. The molecule has 1 atom stereocenters. The van der Waals surface area contributed by atoms with Gasteiger partial charge >= 0.3 is 0 Å². The molecule has 9 nitrogen and oxygen atoms in total. The minimum atomic E-state index is 0.156. The molecule has 1 aliphatic rings. The maximum Gasteiger partial charge on any atom is 0.238 e. The van der Waals surface area contributed by atoms with Gasteiger partial charge in [-0.2, -0.15) is 4.98 Å². The van der Waals surface area contributed by atoms with Crippen LogP contribution in [0.5, 0.6) is 0 Å². The minimum absolute atomic E-state index is 0.156. The van der Waals surface area contributed by atoms with Crippen LogP contribution in [0.3, 0.4) is 0 Å². The van der Waals surface area contributed by atoms with E-state index < -0.39 is 0 Å². The number of rotatable bonds is 7. The van der Waals surface area contributed by atoms with Crippen molar-refractivity contribution in [1.29, 1.82) is 0 Å². The third-order valence-corrected chi connectivity index (χ3v) is 6.44. The zero-order valence-electron chi connectivity index (χ0n) is 17.1. The van der Waals surface area contributed by atoms with Crippen LogP contribution in [-0.4, -0.2) is 42.6 Å². The van der Waals surface area contributed by atoms with Crippen LogP contribution < -0.4 is 0 Å². The van der Waals surface area contributed by atoms with Gasteiger partial charge < -0.3 is 18.7 Å². The summed E-state index contributed by atoms with van der Waals surface area (Å²) in [5, 5.41) is 14.9. The molecule has 162 valence electrons. The molecule has 0 radical (unpaired) electrons. The van der Waals surface area contributed by atoms with Crippen molar-refractivity contribution >= 4 is 22.7 Å². The third-order valence-electron chi connectivity index (χ3n) is 5.49. The molecule has 1 unspecified atom stereocenters. The zero-order chi connectivity index (χ0) is 21.3. The largest absolute Gasteiger partial charge is 0.461 e. The zero-order valence-corrected chi connectivity index (χ0v) is 17.9. The molecule has 0 aliphatic carbocycles. The molecule has 0 spiro atoms. The summed E-state index contributed by atoms with van der Waals surface area (Å²) in [7, 11) is 0. The number of fused-ring (bicyclic) bond motifs is 1. The fourth-order valence-corrected chi connectivity index (χ4v) is 4.74. The van der Waals surface area contributed by atoms with Gasteiger partial charge in [0.2, 0.25) is 11.7 Å². The maximum absolute atomic E-state index is 5.90. The van der Waals surface area contributed by atoms with Gasteiger partial charge in [-0.05, 0) is 31.0 Å². The summed E-state index contributed by atoms with van der Waals surface area (Å²) >= 11 is 1.51. The molecule has 0 saturated carbocycles. The number of benzene rings is 1. The van der Waals surface area contributed by atoms with Crippen LogP contribution in [0.2, 0.25) is 0 Å². The van der Waals surface area contributed by atoms with Crippen LogP contribution in [0.25, 0.3) is 33.9 Å². The molecule has 10 heteroatoms. The Morgan fingerprint density at radius 3 is 3.00 bits per heavy atom. The third kappa shape index (κ3) is 3.61. The van der Waals surface area contributed by atoms with Crippen LogP contribution in [0.4, 0.5) is 0 Å². The molecule has 5 heterocycles. The van der Waals surface area contributed by atoms with Crippen molar-refractivity contribution in [3.05, 3.63) is 54.7 Å². The molecule has 0 amide bonds. The van der Waals surface area contributed by atoms with E-state index in [0.717, 1.165) is 46.9 Å². The Labute approximate surface area is 187 Å². The Hall–Kier alpha value is -3.37. The number of H-pyrrole nitrogens is 1. The Morgan fingerprint density at radius 2 is 2.12 bits per heavy atom. The van der Waals surface area contributed by atoms with Gasteiger partial charge in [-0.1, -0.05) is 35.1 Å². The first kappa shape index (κ1) is 19.3. The van der Waals surface area contributed by atoms with Crippen molar-refractivity contribution in [1.82, 2.24) is 29.9 Å². The van der Waals surface area contributed by atoms with Crippen molar-refractivity contribution in [3.8, 4) is 23.0 Å². The average molecular weight is 449 g/mol. The number of thioether (sulfide) groups is 1. The molecule has 1 saturated heterocycles. The van der Waals surface area contributed by atoms with Crippen molar-refractivity contribution < 1.29 is 13.7 Å². The second-order valence-electron chi connectivity index (χ2n) is 7.58. The van der Waals surface area contributed by atoms with E-state index in [2.05, 4.69) is 42.0 Å². The van der Waals surface area contributed by atoms with Crippen molar-refractivity contribution in [3.63, 3.8) is 0 Å². The fourth-order valence-electron chi connectivity index (χ4n) is 3.95. The number of hydrogen-bond donors (Lipinski definition) is 1. The number of aromatic nitrogens is 6. The van der Waals surface area contributed by atoms with Gasteiger partial charge in [-0.15, -0.1) is 10.2 Å². The molecular weight excluding hydrogens is 428 g/mol. The van der Waals surface area contributed by atoms with Crippen LogP contribution >= 0.6 is 11.8 Å². The Bertz CT molecular complexity index is 1330. The number of ether oxygens (including phenoxy) is 1. The van der Waals surface area contributed by atoms with Crippen LogP contribution in [0.15, 0.2) is 63.0 Å². The highest BCUT2D eigenvalue weighted by Crippen LogP contribution is 2.32. The Kier molecular flexibility index (Phi) is 5.00. The predicted octanol–water partition coefficient (Wildman–Crippen LogP) is 4.54. The number of furan rings is 1. The summed E-state index contributed by atoms with van der Waals surface area (Å²) in [6.45, 7) is 1.50. The van der Waals surface area contributed by atoms with Gasteiger partial charge in [0.05, 0.1) is 24.7 Å². The Morgan fingerprint density at radius 1 is 1.16 bits per heavy atom. The van der Waals surface area contributed by atoms with Gasteiger partial charge in [-0.3, -0.25) is 4.57 Å². The van der Waals surface area contributed by atoms with Gasteiger partial charge in [0, 0.05) is 29.3 Å². The van der Waals surface area contributed by atoms with Gasteiger partial charge in [0.25, 0.3) is 0 Å². The molecule has 5 aromatic rings. The summed E-state index contributed by atoms with van der Waals surface area (Å²) in [6, 6.07) is 11.8. The van der Waals surface area contributed by atoms with E-state index >= 15 is 0 Å². The topological polar surface area (TPSA) is 108 Å². The molecule has 1 N–H and O–H groups in total. The van der Waals surface area contributed by atoms with Gasteiger partial charge in [0.15, 0.2) is 16.7 Å². The highest BCUT2D eigenvalue weighted by molar-refractivity contribution is 7.98. The standard InChI is InChI=1S/C22H20N6O3S/c1-2-7-17-15(6-1)16(11-23-17)21-25-26-22(28(21)12-14-5-3-9-29-14)32-13-19-24-20(27-31-19)18-8-4-10-30-18/h1-2,4,6-8,10-11,14,23H,3,5,9,12-13H2. The molecule has 1 fully saturated rings. The molecule has 1 aromatic carbocycles. The van der Waals surface area contributed by atoms with Crippen LogP contribution in [0, 0.1) is 0 Å². The maximum atomic E-state index is 5.90. The normalized spacial score (nSPS) is 16.3. The summed E-state index contributed by atoms with van der Waals surface area (Å²) < 4.78 is 18.8. The SMILES string of the molecule is c1coc(-c2noc(CSc3nnc(-c4c[nH]c5ccccc45)n3CC3CCCO3)n2)c1. The predicted molar refractivity (Wildman–Crippen MR) is 118 cm³/mol. The fraction of sp³-hybridized carbons (Fsp3) is 0.273. The second-order valence-corrected chi connectivity index (χ2v) is 8.52. The molecule has 0 bridgehead atoms. The monoisotopic (exact) mass is 448 g/mol. The number of nitrogens with one attached hydrogen (secondary N) is 1. The first-order chi connectivity index (χ1) is 15.8. The van der Waals surface area contributed by atoms with E-state index in [1.807, 2.05) is 18.3 Å². The Balaban J connectivity index is 1.30. The average Bonchev–Trinajstić information content (AvgIpc) is 3.64. The molecular formula is C22H20N6O3S. The van der Waals surface area contributed by atoms with Gasteiger partial charge in [-0.25, -0.2) is 0 Å². The summed E-state index contributed by atoms with van der Waals surface area (Å²) in [5.41, 5.74) is 2.09. The van der Waals surface area contributed by atoms with Gasteiger partial charge in [0.1, 0.15) is 0 Å². The molecule has 1 aliphatic heterocycles. The van der Waals surface area contributed by atoms with Crippen LogP contribution in [-0.2, 0) is 17.0 Å². The van der Waals surface area contributed by atoms with E-state index in [9.17, 15) is 0 Å². The van der Waals surface area contributed by atoms with E-state index in [1.54, 1.807) is 18.4 Å². The molecule has 4 aromatic heterocycles. The molecule has 6 rings (SSSR count). The first-order valence-electron chi connectivity index (χ1n) is 10.5. The van der Waals surface area contributed by atoms with Crippen molar-refractivity contribution in [2.45, 2.75) is 36.4 Å². The number of hydrogen-bond acceptors (Lipinski definition) is 8. The number of aromatic amines is 1. The lowest BCUT2D eigenvalue weighted by atomic mass is 10.1. The number of nitrogens with zero attached hydrogens (tertiary/aromatic N) is 5. The quantitative estimate of drug-likeness (QED) is 0.362. The lowest BCUT2D eigenvalue weighted by molar-refractivity contribution is 0.0953. The summed E-state index contributed by atoms with van der Waals surface area (Å²) in [5.74, 6) is 2.81. The minimum Gasteiger partial charge on any atom is -0.461 e.